The molecule has 2 heterocycles. The number of para-hydroxylation sites is 1. The summed E-state index contributed by atoms with van der Waals surface area (Å²) in [5.74, 6) is -1.36. The largest absolute Gasteiger partial charge is 0.454 e. The number of Topliss-reactive ketones (excluding diaryl/α,β-unsaturated/α-hetero) is 1. The molecular weight excluding hydrogens is 425 g/mol. The van der Waals surface area contributed by atoms with E-state index in [4.69, 9.17) is 9.72 Å². The van der Waals surface area contributed by atoms with Crippen LogP contribution in [0.15, 0.2) is 66.0 Å². The van der Waals surface area contributed by atoms with Gasteiger partial charge in [0.2, 0.25) is 0 Å². The molecule has 1 aliphatic carbocycles. The Labute approximate surface area is 188 Å². The minimum Gasteiger partial charge on any atom is -0.454 e. The number of ether oxygens (including phenoxy) is 1. The lowest BCUT2D eigenvalue weighted by atomic mass is 10.0. The van der Waals surface area contributed by atoms with E-state index >= 15 is 0 Å². The molecule has 4 nitrogen and oxygen atoms in total. The van der Waals surface area contributed by atoms with Crippen molar-refractivity contribution in [1.29, 1.82) is 0 Å². The second-order valence-electron chi connectivity index (χ2n) is 7.52. The van der Waals surface area contributed by atoms with Crippen molar-refractivity contribution in [3.8, 4) is 0 Å². The lowest BCUT2D eigenvalue weighted by Crippen LogP contribution is -2.16. The number of fused-ring (bicyclic) bond motifs is 2. The molecule has 2 aromatic carbocycles. The van der Waals surface area contributed by atoms with Crippen molar-refractivity contribution in [2.24, 2.45) is 0 Å². The summed E-state index contributed by atoms with van der Waals surface area (Å²) in [6, 6.07) is 16.7. The molecule has 0 amide bonds. The molecule has 1 aliphatic rings. The molecule has 2 aromatic heterocycles. The predicted octanol–water partition coefficient (Wildman–Crippen LogP) is 5.96. The summed E-state index contributed by atoms with van der Waals surface area (Å²) in [6.45, 7) is -0.409. The Morgan fingerprint density at radius 2 is 1.84 bits per heavy atom. The standard InChI is InChI=1S/C26H18FNO3S/c27-18-10-7-16(8-11-18)23(29)15-31-26(30)24-20-5-1-2-6-22(20)28-25-17(9-12-21(24)25)14-19-4-3-13-32-19/h1-8,10-11,13-14H,9,12,15H2/b17-14-. The fourth-order valence-corrected chi connectivity index (χ4v) is 4.66. The fraction of sp³-hybridized carbons (Fsp3) is 0.115. The van der Waals surface area contributed by atoms with Crippen molar-refractivity contribution in [3.63, 3.8) is 0 Å². The minimum atomic E-state index is -0.548. The van der Waals surface area contributed by atoms with Gasteiger partial charge in [-0.3, -0.25) is 4.79 Å². The number of ketones is 1. The maximum atomic E-state index is 13.2. The molecule has 0 saturated heterocycles. The third-order valence-corrected chi connectivity index (χ3v) is 6.33. The molecule has 32 heavy (non-hydrogen) atoms. The molecule has 6 heteroatoms. The number of carbonyl (C=O) groups is 2. The van der Waals surface area contributed by atoms with Crippen molar-refractivity contribution in [2.75, 3.05) is 6.61 Å². The molecule has 4 aromatic rings. The van der Waals surface area contributed by atoms with Gasteiger partial charge in [-0.25, -0.2) is 14.2 Å². The Balaban J connectivity index is 1.49. The van der Waals surface area contributed by atoms with Gasteiger partial charge in [-0.05, 0) is 71.8 Å². The van der Waals surface area contributed by atoms with Crippen LogP contribution in [0.4, 0.5) is 4.39 Å². The first kappa shape index (κ1) is 20.3. The molecule has 0 atom stereocenters. The number of pyridine rings is 1. The summed E-state index contributed by atoms with van der Waals surface area (Å²) in [7, 11) is 0. The normalized spacial score (nSPS) is 14.0. The lowest BCUT2D eigenvalue weighted by Gasteiger charge is -2.12. The summed E-state index contributed by atoms with van der Waals surface area (Å²) in [5, 5.41) is 2.74. The summed E-state index contributed by atoms with van der Waals surface area (Å²) < 4.78 is 18.5. The van der Waals surface area contributed by atoms with Gasteiger partial charge in [-0.15, -0.1) is 11.3 Å². The first-order valence-electron chi connectivity index (χ1n) is 10.2. The van der Waals surface area contributed by atoms with E-state index < -0.39 is 18.4 Å². The fourth-order valence-electron chi connectivity index (χ4n) is 3.98. The Morgan fingerprint density at radius 1 is 1.03 bits per heavy atom. The third kappa shape index (κ3) is 3.85. The number of aromatic nitrogens is 1. The number of benzene rings is 2. The van der Waals surface area contributed by atoms with Crippen LogP contribution in [0.25, 0.3) is 22.6 Å². The van der Waals surface area contributed by atoms with Gasteiger partial charge in [0, 0.05) is 15.8 Å². The third-order valence-electron chi connectivity index (χ3n) is 5.51. The molecule has 158 valence electrons. The van der Waals surface area contributed by atoms with E-state index in [9.17, 15) is 14.0 Å². The first-order valence-corrected chi connectivity index (χ1v) is 11.1. The number of allylic oxidation sites excluding steroid dienone is 1. The van der Waals surface area contributed by atoms with Gasteiger partial charge in [0.05, 0.1) is 16.8 Å². The second kappa shape index (κ2) is 8.48. The summed E-state index contributed by atoms with van der Waals surface area (Å²) in [5.41, 5.74) is 4.23. The highest BCUT2D eigenvalue weighted by Gasteiger charge is 2.28. The maximum absolute atomic E-state index is 13.2. The van der Waals surface area contributed by atoms with E-state index in [1.54, 1.807) is 11.3 Å². The van der Waals surface area contributed by atoms with Gasteiger partial charge >= 0.3 is 5.97 Å². The van der Waals surface area contributed by atoms with E-state index in [0.29, 0.717) is 28.5 Å². The highest BCUT2D eigenvalue weighted by molar-refractivity contribution is 7.10. The summed E-state index contributed by atoms with van der Waals surface area (Å²) in [6.07, 6.45) is 3.58. The lowest BCUT2D eigenvalue weighted by molar-refractivity contribution is 0.0475. The van der Waals surface area contributed by atoms with E-state index in [2.05, 4.69) is 6.08 Å². The number of hydrogen-bond acceptors (Lipinski definition) is 5. The average Bonchev–Trinajstić information content (AvgIpc) is 3.46. The molecular formula is C26H18FNO3S. The van der Waals surface area contributed by atoms with E-state index in [1.807, 2.05) is 41.8 Å². The Kier molecular flexibility index (Phi) is 5.37. The Morgan fingerprint density at radius 3 is 2.62 bits per heavy atom. The van der Waals surface area contributed by atoms with E-state index in [0.717, 1.165) is 28.1 Å². The molecule has 0 radical (unpaired) electrons. The van der Waals surface area contributed by atoms with Crippen LogP contribution < -0.4 is 0 Å². The van der Waals surface area contributed by atoms with Crippen LogP contribution in [-0.4, -0.2) is 23.3 Å². The van der Waals surface area contributed by atoms with Crippen LogP contribution in [0.2, 0.25) is 0 Å². The van der Waals surface area contributed by atoms with Crippen molar-refractivity contribution in [1.82, 2.24) is 4.98 Å². The minimum absolute atomic E-state index is 0.296. The quantitative estimate of drug-likeness (QED) is 0.282. The monoisotopic (exact) mass is 443 g/mol. The molecule has 0 unspecified atom stereocenters. The molecule has 0 spiro atoms. The maximum Gasteiger partial charge on any atom is 0.339 e. The second-order valence-corrected chi connectivity index (χ2v) is 8.50. The Hall–Kier alpha value is -3.64. The van der Waals surface area contributed by atoms with Crippen LogP contribution >= 0.6 is 11.3 Å². The van der Waals surface area contributed by atoms with Gasteiger partial charge < -0.3 is 4.74 Å². The highest BCUT2D eigenvalue weighted by atomic mass is 32.1. The van der Waals surface area contributed by atoms with Gasteiger partial charge in [0.15, 0.2) is 12.4 Å². The Bertz CT molecular complexity index is 1360. The van der Waals surface area contributed by atoms with Crippen molar-refractivity contribution >= 4 is 45.6 Å². The van der Waals surface area contributed by atoms with Crippen molar-refractivity contribution < 1.29 is 18.7 Å². The topological polar surface area (TPSA) is 56.3 Å². The van der Waals surface area contributed by atoms with Crippen LogP contribution in [0.3, 0.4) is 0 Å². The summed E-state index contributed by atoms with van der Waals surface area (Å²) >= 11 is 1.65. The summed E-state index contributed by atoms with van der Waals surface area (Å²) in [4.78, 5) is 31.5. The number of rotatable bonds is 5. The van der Waals surface area contributed by atoms with Crippen LogP contribution in [0.1, 0.15) is 43.3 Å². The number of hydrogen-bond donors (Lipinski definition) is 0. The number of nitrogens with zero attached hydrogens (tertiary/aromatic N) is 1. The number of thiophene rings is 1. The zero-order valence-electron chi connectivity index (χ0n) is 17.0. The molecule has 0 N–H and O–H groups in total. The zero-order chi connectivity index (χ0) is 22.1. The highest BCUT2D eigenvalue weighted by Crippen LogP contribution is 2.38. The number of carbonyl (C=O) groups excluding carboxylic acids is 2. The number of esters is 1. The van der Waals surface area contributed by atoms with E-state index in [1.165, 1.54) is 24.3 Å². The van der Waals surface area contributed by atoms with Gasteiger partial charge in [0.25, 0.3) is 0 Å². The van der Waals surface area contributed by atoms with Crippen LogP contribution in [0.5, 0.6) is 0 Å². The molecule has 5 rings (SSSR count). The molecule has 0 saturated carbocycles. The van der Waals surface area contributed by atoms with Gasteiger partial charge in [-0.1, -0.05) is 24.3 Å². The van der Waals surface area contributed by atoms with Gasteiger partial charge in [0.1, 0.15) is 5.82 Å². The smallest absolute Gasteiger partial charge is 0.339 e. The molecule has 0 fully saturated rings. The SMILES string of the molecule is O=C(COC(=O)c1c2c(nc3ccccc13)/C(=C\c1cccs1)CC2)c1ccc(F)cc1. The first-order chi connectivity index (χ1) is 15.6. The van der Waals surface area contributed by atoms with Crippen LogP contribution in [0, 0.1) is 5.82 Å². The van der Waals surface area contributed by atoms with E-state index in [-0.39, 0.29) is 5.78 Å². The average molecular weight is 443 g/mol. The van der Waals surface area contributed by atoms with Gasteiger partial charge in [-0.2, -0.15) is 0 Å². The molecule has 0 bridgehead atoms. The predicted molar refractivity (Wildman–Crippen MR) is 123 cm³/mol. The van der Waals surface area contributed by atoms with Crippen molar-refractivity contribution in [3.05, 3.63) is 99.1 Å². The zero-order valence-corrected chi connectivity index (χ0v) is 17.8. The van der Waals surface area contributed by atoms with Crippen LogP contribution in [-0.2, 0) is 11.2 Å². The van der Waals surface area contributed by atoms with Crippen molar-refractivity contribution in [2.45, 2.75) is 12.8 Å². The number of halogens is 1. The molecule has 0 aliphatic heterocycles.